The topological polar surface area (TPSA) is 33.5 Å². The first-order valence-electron chi connectivity index (χ1n) is 5.35. The van der Waals surface area contributed by atoms with Gasteiger partial charge in [-0.25, -0.2) is 0 Å². The Morgan fingerprint density at radius 3 is 2.56 bits per heavy atom. The van der Waals surface area contributed by atoms with E-state index in [9.17, 15) is 4.79 Å². The van der Waals surface area contributed by atoms with Crippen LogP contribution in [0.2, 0.25) is 0 Å². The van der Waals surface area contributed by atoms with E-state index >= 15 is 0 Å². The fraction of sp³-hybridized carbons (Fsp3) is 0.583. The number of furan rings is 1. The van der Waals surface area contributed by atoms with Crippen LogP contribution in [0, 0.1) is 0 Å². The van der Waals surface area contributed by atoms with Crippen LogP contribution in [0.5, 0.6) is 0 Å². The van der Waals surface area contributed by atoms with E-state index in [4.69, 9.17) is 16.0 Å². The second kappa shape index (κ2) is 4.91. The van der Waals surface area contributed by atoms with Gasteiger partial charge in [-0.05, 0) is 26.0 Å². The van der Waals surface area contributed by atoms with Crippen molar-refractivity contribution >= 4 is 17.5 Å². The van der Waals surface area contributed by atoms with E-state index in [1.807, 2.05) is 26.8 Å². The molecule has 1 aromatic rings. The molecule has 0 unspecified atom stereocenters. The van der Waals surface area contributed by atoms with Gasteiger partial charge in [0.1, 0.15) is 5.76 Å². The molecular formula is C12H18ClNO2. The quantitative estimate of drug-likeness (QED) is 0.762. The van der Waals surface area contributed by atoms with Crippen molar-refractivity contribution in [3.63, 3.8) is 0 Å². The normalized spacial score (nSPS) is 11.6. The molecule has 4 heteroatoms. The minimum Gasteiger partial charge on any atom is -0.456 e. The number of carbonyl (C=O) groups excluding carboxylic acids is 1. The predicted molar refractivity (Wildman–Crippen MR) is 65.0 cm³/mol. The summed E-state index contributed by atoms with van der Waals surface area (Å²) in [6.07, 6.45) is 0.788. The van der Waals surface area contributed by atoms with Gasteiger partial charge in [-0.2, -0.15) is 0 Å². The van der Waals surface area contributed by atoms with Gasteiger partial charge in [0.05, 0.1) is 5.54 Å². The first-order valence-corrected chi connectivity index (χ1v) is 5.88. The Morgan fingerprint density at radius 2 is 2.12 bits per heavy atom. The Kier molecular flexibility index (Phi) is 4.03. The molecule has 1 heterocycles. The monoisotopic (exact) mass is 243 g/mol. The SMILES string of the molecule is CCc1ccc(C(=O)N(C)C(C)(C)CCl)o1. The molecule has 0 aliphatic carbocycles. The van der Waals surface area contributed by atoms with Gasteiger partial charge >= 0.3 is 0 Å². The lowest BCUT2D eigenvalue weighted by molar-refractivity contribution is 0.0625. The molecular weight excluding hydrogens is 226 g/mol. The van der Waals surface area contributed by atoms with Crippen LogP contribution in [0.4, 0.5) is 0 Å². The summed E-state index contributed by atoms with van der Waals surface area (Å²) in [5.41, 5.74) is -0.377. The maximum Gasteiger partial charge on any atom is 0.289 e. The predicted octanol–water partition coefficient (Wildman–Crippen LogP) is 2.93. The zero-order valence-corrected chi connectivity index (χ0v) is 11.0. The summed E-state index contributed by atoms with van der Waals surface area (Å²) in [4.78, 5) is 13.7. The van der Waals surface area contributed by atoms with E-state index in [2.05, 4.69) is 0 Å². The molecule has 0 saturated carbocycles. The van der Waals surface area contributed by atoms with Crippen LogP contribution in [-0.2, 0) is 6.42 Å². The van der Waals surface area contributed by atoms with E-state index in [1.165, 1.54) is 0 Å². The molecule has 0 N–H and O–H groups in total. The summed E-state index contributed by atoms with van der Waals surface area (Å²) in [6.45, 7) is 5.82. The summed E-state index contributed by atoms with van der Waals surface area (Å²) in [5, 5.41) is 0. The molecule has 0 bridgehead atoms. The van der Waals surface area contributed by atoms with Gasteiger partial charge in [0.25, 0.3) is 5.91 Å². The molecule has 0 saturated heterocycles. The fourth-order valence-electron chi connectivity index (χ4n) is 1.21. The molecule has 0 spiro atoms. The average Bonchev–Trinajstić information content (AvgIpc) is 2.75. The third-order valence-corrected chi connectivity index (χ3v) is 3.41. The maximum absolute atomic E-state index is 12.1. The third-order valence-electron chi connectivity index (χ3n) is 2.76. The van der Waals surface area contributed by atoms with Crippen LogP contribution >= 0.6 is 11.6 Å². The highest BCUT2D eigenvalue weighted by atomic mass is 35.5. The Morgan fingerprint density at radius 1 is 1.50 bits per heavy atom. The van der Waals surface area contributed by atoms with Crippen molar-refractivity contribution in [2.24, 2.45) is 0 Å². The molecule has 0 fully saturated rings. The van der Waals surface area contributed by atoms with Gasteiger partial charge in [0, 0.05) is 19.3 Å². The first-order chi connectivity index (χ1) is 7.42. The molecule has 0 radical (unpaired) electrons. The summed E-state index contributed by atoms with van der Waals surface area (Å²) in [6, 6.07) is 3.54. The number of halogens is 1. The highest BCUT2D eigenvalue weighted by Crippen LogP contribution is 2.18. The van der Waals surface area contributed by atoms with E-state index < -0.39 is 0 Å². The number of nitrogens with zero attached hydrogens (tertiary/aromatic N) is 1. The Balaban J connectivity index is 2.85. The summed E-state index contributed by atoms with van der Waals surface area (Å²) >= 11 is 5.83. The molecule has 0 aliphatic rings. The standard InChI is InChI=1S/C12H18ClNO2/c1-5-9-6-7-10(16-9)11(15)14(4)12(2,3)8-13/h6-7H,5,8H2,1-4H3. The van der Waals surface area contributed by atoms with Gasteiger partial charge < -0.3 is 9.32 Å². The minimum atomic E-state index is -0.377. The van der Waals surface area contributed by atoms with E-state index in [0.717, 1.165) is 12.2 Å². The van der Waals surface area contributed by atoms with E-state index in [-0.39, 0.29) is 11.4 Å². The molecule has 0 aromatic carbocycles. The number of alkyl halides is 1. The van der Waals surface area contributed by atoms with Crippen molar-refractivity contribution in [1.29, 1.82) is 0 Å². The lowest BCUT2D eigenvalue weighted by atomic mass is 10.1. The lowest BCUT2D eigenvalue weighted by Gasteiger charge is -2.33. The fourth-order valence-corrected chi connectivity index (χ4v) is 1.39. The zero-order chi connectivity index (χ0) is 12.3. The molecule has 1 rings (SSSR count). The van der Waals surface area contributed by atoms with Crippen molar-refractivity contribution in [3.8, 4) is 0 Å². The van der Waals surface area contributed by atoms with Crippen molar-refractivity contribution in [1.82, 2.24) is 4.90 Å². The molecule has 16 heavy (non-hydrogen) atoms. The molecule has 90 valence electrons. The Bertz CT molecular complexity index is 371. The molecule has 0 aliphatic heterocycles. The number of amides is 1. The van der Waals surface area contributed by atoms with Gasteiger partial charge in [-0.1, -0.05) is 6.92 Å². The molecule has 1 amide bonds. The van der Waals surface area contributed by atoms with E-state index in [1.54, 1.807) is 18.0 Å². The van der Waals surface area contributed by atoms with Crippen molar-refractivity contribution < 1.29 is 9.21 Å². The Hall–Kier alpha value is -0.960. The largest absolute Gasteiger partial charge is 0.456 e. The molecule has 0 atom stereocenters. The van der Waals surface area contributed by atoms with Gasteiger partial charge in [-0.15, -0.1) is 11.6 Å². The van der Waals surface area contributed by atoms with Gasteiger partial charge in [0.2, 0.25) is 0 Å². The highest BCUT2D eigenvalue weighted by molar-refractivity contribution is 6.18. The Labute approximate surface area is 101 Å². The summed E-state index contributed by atoms with van der Waals surface area (Å²) in [5.74, 6) is 1.44. The molecule has 1 aromatic heterocycles. The van der Waals surface area contributed by atoms with Crippen LogP contribution in [0.1, 0.15) is 37.1 Å². The minimum absolute atomic E-state index is 0.134. The number of hydrogen-bond donors (Lipinski definition) is 0. The smallest absolute Gasteiger partial charge is 0.289 e. The maximum atomic E-state index is 12.1. The highest BCUT2D eigenvalue weighted by Gasteiger charge is 2.28. The third kappa shape index (κ3) is 2.59. The number of rotatable bonds is 4. The van der Waals surface area contributed by atoms with E-state index in [0.29, 0.717) is 11.6 Å². The number of carbonyl (C=O) groups is 1. The van der Waals surface area contributed by atoms with Gasteiger partial charge in [-0.3, -0.25) is 4.79 Å². The van der Waals surface area contributed by atoms with Crippen LogP contribution in [0.15, 0.2) is 16.5 Å². The number of aryl methyl sites for hydroxylation is 1. The van der Waals surface area contributed by atoms with Crippen LogP contribution in [-0.4, -0.2) is 29.3 Å². The first kappa shape index (κ1) is 13.1. The molecule has 3 nitrogen and oxygen atoms in total. The van der Waals surface area contributed by atoms with Gasteiger partial charge in [0.15, 0.2) is 5.76 Å². The van der Waals surface area contributed by atoms with Crippen LogP contribution in [0.3, 0.4) is 0 Å². The van der Waals surface area contributed by atoms with Crippen LogP contribution in [0.25, 0.3) is 0 Å². The lowest BCUT2D eigenvalue weighted by Crippen LogP contribution is -2.46. The van der Waals surface area contributed by atoms with Crippen molar-refractivity contribution in [2.75, 3.05) is 12.9 Å². The average molecular weight is 244 g/mol. The second-order valence-corrected chi connectivity index (χ2v) is 4.70. The summed E-state index contributed by atoms with van der Waals surface area (Å²) in [7, 11) is 1.73. The van der Waals surface area contributed by atoms with Crippen LogP contribution < -0.4 is 0 Å². The number of hydrogen-bond acceptors (Lipinski definition) is 2. The second-order valence-electron chi connectivity index (χ2n) is 4.43. The van der Waals surface area contributed by atoms with Crippen molar-refractivity contribution in [3.05, 3.63) is 23.7 Å². The zero-order valence-electron chi connectivity index (χ0n) is 10.2. The van der Waals surface area contributed by atoms with Crippen molar-refractivity contribution in [2.45, 2.75) is 32.7 Å². The summed E-state index contributed by atoms with van der Waals surface area (Å²) < 4.78 is 5.42.